The lowest BCUT2D eigenvalue weighted by Gasteiger charge is -2.33. The highest BCUT2D eigenvalue weighted by atomic mass is 16.5. The lowest BCUT2D eigenvalue weighted by molar-refractivity contribution is -0.137. The lowest BCUT2D eigenvalue weighted by Crippen LogP contribution is -2.52. The van der Waals surface area contributed by atoms with Crippen molar-refractivity contribution < 1.29 is 9.53 Å². The maximum atomic E-state index is 12.4. The summed E-state index contributed by atoms with van der Waals surface area (Å²) in [6.07, 6.45) is 0.798. The summed E-state index contributed by atoms with van der Waals surface area (Å²) in [5, 5.41) is 3.34. The van der Waals surface area contributed by atoms with Gasteiger partial charge >= 0.3 is 0 Å². The summed E-state index contributed by atoms with van der Waals surface area (Å²) in [5.41, 5.74) is 2.60. The highest BCUT2D eigenvalue weighted by molar-refractivity contribution is 5.82. The molecule has 4 nitrogen and oxygen atoms in total. The van der Waals surface area contributed by atoms with Crippen LogP contribution in [0, 0.1) is 0 Å². The molecule has 2 aliphatic rings. The number of hydrogen-bond donors (Lipinski definition) is 1. The number of nitrogens with one attached hydrogen (secondary N) is 1. The molecule has 1 fully saturated rings. The van der Waals surface area contributed by atoms with Crippen LogP contribution in [0.25, 0.3) is 0 Å². The van der Waals surface area contributed by atoms with Gasteiger partial charge in [0.05, 0.1) is 19.3 Å². The third kappa shape index (κ3) is 2.26. The molecule has 0 saturated carbocycles. The quantitative estimate of drug-likeness (QED) is 0.787. The number of rotatable bonds is 1. The maximum Gasteiger partial charge on any atom is 0.240 e. The molecule has 1 amide bonds. The molecule has 4 heteroatoms. The Labute approximate surface area is 107 Å². The highest BCUT2D eigenvalue weighted by Gasteiger charge is 2.28. The van der Waals surface area contributed by atoms with Crippen molar-refractivity contribution in [2.24, 2.45) is 0 Å². The molecule has 18 heavy (non-hydrogen) atoms. The largest absolute Gasteiger partial charge is 0.378 e. The molecule has 0 radical (unpaired) electrons. The summed E-state index contributed by atoms with van der Waals surface area (Å²) in [5.74, 6) is 0.216. The molecule has 2 aliphatic heterocycles. The molecule has 1 saturated heterocycles. The van der Waals surface area contributed by atoms with Crippen molar-refractivity contribution in [2.75, 3.05) is 26.3 Å². The van der Waals surface area contributed by atoms with Crippen LogP contribution in [0.3, 0.4) is 0 Å². The van der Waals surface area contributed by atoms with E-state index in [2.05, 4.69) is 17.4 Å². The van der Waals surface area contributed by atoms with E-state index in [1.807, 2.05) is 17.0 Å². The standard InChI is InChI=1S/C14H18N2O2/c17-14(16-5-7-18-8-6-16)13-9-11-3-1-2-4-12(11)10-15-13/h1-4,13,15H,5-10H2. The summed E-state index contributed by atoms with van der Waals surface area (Å²) in [4.78, 5) is 14.3. The first-order chi connectivity index (χ1) is 8.84. The molecule has 0 bridgehead atoms. The number of nitrogens with zero attached hydrogens (tertiary/aromatic N) is 1. The summed E-state index contributed by atoms with van der Waals surface area (Å²) in [7, 11) is 0. The molecule has 0 aliphatic carbocycles. The van der Waals surface area contributed by atoms with Crippen molar-refractivity contribution in [3.05, 3.63) is 35.4 Å². The Morgan fingerprint density at radius 3 is 2.72 bits per heavy atom. The van der Waals surface area contributed by atoms with E-state index in [0.29, 0.717) is 13.2 Å². The van der Waals surface area contributed by atoms with Gasteiger partial charge in [-0.25, -0.2) is 0 Å². The second kappa shape index (κ2) is 5.08. The van der Waals surface area contributed by atoms with Gasteiger partial charge in [-0.3, -0.25) is 4.79 Å². The third-order valence-corrected chi connectivity index (χ3v) is 3.70. The van der Waals surface area contributed by atoms with Crippen molar-refractivity contribution in [1.82, 2.24) is 10.2 Å². The number of fused-ring (bicyclic) bond motifs is 1. The van der Waals surface area contributed by atoms with Gasteiger partial charge in [0.1, 0.15) is 0 Å². The highest BCUT2D eigenvalue weighted by Crippen LogP contribution is 2.17. The Hall–Kier alpha value is -1.39. The fourth-order valence-corrected chi connectivity index (χ4v) is 2.63. The molecule has 1 unspecified atom stereocenters. The van der Waals surface area contributed by atoms with E-state index >= 15 is 0 Å². The molecule has 1 aromatic rings. The van der Waals surface area contributed by atoms with Crippen LogP contribution in [0.5, 0.6) is 0 Å². The predicted octanol–water partition coefficient (Wildman–Crippen LogP) is 0.560. The van der Waals surface area contributed by atoms with Crippen LogP contribution >= 0.6 is 0 Å². The molecule has 2 heterocycles. The fourth-order valence-electron chi connectivity index (χ4n) is 2.63. The van der Waals surface area contributed by atoms with Gasteiger partial charge in [0, 0.05) is 19.6 Å². The van der Waals surface area contributed by atoms with Gasteiger partial charge in [0.2, 0.25) is 5.91 Å². The van der Waals surface area contributed by atoms with E-state index in [-0.39, 0.29) is 11.9 Å². The number of benzene rings is 1. The van der Waals surface area contributed by atoms with E-state index in [9.17, 15) is 4.79 Å². The van der Waals surface area contributed by atoms with Crippen molar-refractivity contribution >= 4 is 5.91 Å². The minimum Gasteiger partial charge on any atom is -0.378 e. The first-order valence-corrected chi connectivity index (χ1v) is 6.51. The SMILES string of the molecule is O=C(C1Cc2ccccc2CN1)N1CCOCC1. The normalized spacial score (nSPS) is 23.6. The number of amides is 1. The summed E-state index contributed by atoms with van der Waals surface area (Å²) in [6.45, 7) is 3.55. The zero-order valence-corrected chi connectivity index (χ0v) is 10.4. The lowest BCUT2D eigenvalue weighted by atomic mass is 9.95. The van der Waals surface area contributed by atoms with E-state index in [4.69, 9.17) is 4.74 Å². The van der Waals surface area contributed by atoms with Crippen LogP contribution in [0.4, 0.5) is 0 Å². The third-order valence-electron chi connectivity index (χ3n) is 3.70. The van der Waals surface area contributed by atoms with E-state index in [1.54, 1.807) is 0 Å². The molecule has 1 aromatic carbocycles. The van der Waals surface area contributed by atoms with Crippen molar-refractivity contribution in [3.63, 3.8) is 0 Å². The second-order valence-corrected chi connectivity index (χ2v) is 4.84. The van der Waals surface area contributed by atoms with Crippen molar-refractivity contribution in [3.8, 4) is 0 Å². The van der Waals surface area contributed by atoms with Gasteiger partial charge < -0.3 is 15.0 Å². The van der Waals surface area contributed by atoms with Crippen LogP contribution in [0.2, 0.25) is 0 Å². The molecular formula is C14H18N2O2. The average Bonchev–Trinajstić information content (AvgIpc) is 2.47. The summed E-state index contributed by atoms with van der Waals surface area (Å²) >= 11 is 0. The van der Waals surface area contributed by atoms with Crippen LogP contribution in [-0.4, -0.2) is 43.2 Å². The number of morpholine rings is 1. The summed E-state index contributed by atoms with van der Waals surface area (Å²) < 4.78 is 5.28. The number of carbonyl (C=O) groups is 1. The predicted molar refractivity (Wildman–Crippen MR) is 68.2 cm³/mol. The Morgan fingerprint density at radius 1 is 1.22 bits per heavy atom. The van der Waals surface area contributed by atoms with Gasteiger partial charge in [-0.15, -0.1) is 0 Å². The zero-order chi connectivity index (χ0) is 12.4. The van der Waals surface area contributed by atoms with Crippen molar-refractivity contribution in [1.29, 1.82) is 0 Å². The Balaban J connectivity index is 1.69. The maximum absolute atomic E-state index is 12.4. The van der Waals surface area contributed by atoms with Gasteiger partial charge in [-0.05, 0) is 17.5 Å². The molecule has 0 spiro atoms. The van der Waals surface area contributed by atoms with Gasteiger partial charge in [-0.2, -0.15) is 0 Å². The van der Waals surface area contributed by atoms with Gasteiger partial charge in [-0.1, -0.05) is 24.3 Å². The molecule has 96 valence electrons. The first kappa shape index (κ1) is 11.7. The van der Waals surface area contributed by atoms with E-state index < -0.39 is 0 Å². The molecule has 1 N–H and O–H groups in total. The Kier molecular flexibility index (Phi) is 3.30. The zero-order valence-electron chi connectivity index (χ0n) is 10.4. The monoisotopic (exact) mass is 246 g/mol. The van der Waals surface area contributed by atoms with Gasteiger partial charge in [0.25, 0.3) is 0 Å². The number of hydrogen-bond acceptors (Lipinski definition) is 3. The molecule has 0 aromatic heterocycles. The average molecular weight is 246 g/mol. The van der Waals surface area contributed by atoms with E-state index in [1.165, 1.54) is 11.1 Å². The smallest absolute Gasteiger partial charge is 0.240 e. The van der Waals surface area contributed by atoms with Crippen LogP contribution in [0.1, 0.15) is 11.1 Å². The molecule has 3 rings (SSSR count). The first-order valence-electron chi connectivity index (χ1n) is 6.51. The number of carbonyl (C=O) groups excluding carboxylic acids is 1. The topological polar surface area (TPSA) is 41.6 Å². The van der Waals surface area contributed by atoms with Gasteiger partial charge in [0.15, 0.2) is 0 Å². The van der Waals surface area contributed by atoms with E-state index in [0.717, 1.165) is 26.1 Å². The fraction of sp³-hybridized carbons (Fsp3) is 0.500. The van der Waals surface area contributed by atoms with Crippen LogP contribution < -0.4 is 5.32 Å². The molecular weight excluding hydrogens is 228 g/mol. The van der Waals surface area contributed by atoms with Crippen LogP contribution in [0.15, 0.2) is 24.3 Å². The Bertz CT molecular complexity index is 441. The second-order valence-electron chi connectivity index (χ2n) is 4.84. The van der Waals surface area contributed by atoms with Crippen LogP contribution in [-0.2, 0) is 22.5 Å². The number of ether oxygens (including phenoxy) is 1. The summed E-state index contributed by atoms with van der Waals surface area (Å²) in [6, 6.07) is 8.26. The minimum atomic E-state index is -0.0713. The van der Waals surface area contributed by atoms with Crippen molar-refractivity contribution in [2.45, 2.75) is 19.0 Å². The minimum absolute atomic E-state index is 0.0713. The molecule has 1 atom stereocenters. The Morgan fingerprint density at radius 2 is 1.94 bits per heavy atom.